The van der Waals surface area contributed by atoms with Crippen molar-refractivity contribution in [2.75, 3.05) is 36.0 Å². The van der Waals surface area contributed by atoms with Crippen LogP contribution in [0.3, 0.4) is 0 Å². The highest BCUT2D eigenvalue weighted by Gasteiger charge is 2.40. The van der Waals surface area contributed by atoms with Gasteiger partial charge >= 0.3 is 18.3 Å². The standard InChI is InChI=1S/C27H27N3O8/c31-25(28-19-10-4-1-5-11-19)34-16-22-24(38-27(33)30-21-14-8-3-9-15-21)23(37-18-36-22)17-35-26(32)29-20-12-6-2-7-13-20/h1-15,22-24H,16-18H2,(H,28,31)(H,29,32)(H,30,33)/t22-,23-/m0/s1. The van der Waals surface area contributed by atoms with Gasteiger partial charge in [-0.1, -0.05) is 54.6 Å². The summed E-state index contributed by atoms with van der Waals surface area (Å²) in [6.07, 6.45) is -5.06. The van der Waals surface area contributed by atoms with Gasteiger partial charge in [-0.3, -0.25) is 16.0 Å². The second kappa shape index (κ2) is 13.6. The maximum Gasteiger partial charge on any atom is 0.412 e. The lowest BCUT2D eigenvalue weighted by Crippen LogP contribution is -2.53. The van der Waals surface area contributed by atoms with Crippen molar-refractivity contribution in [3.63, 3.8) is 0 Å². The number of rotatable bonds is 8. The fourth-order valence-corrected chi connectivity index (χ4v) is 3.54. The third-order valence-corrected chi connectivity index (χ3v) is 5.36. The molecule has 0 radical (unpaired) electrons. The fourth-order valence-electron chi connectivity index (χ4n) is 3.54. The molecule has 11 nitrogen and oxygen atoms in total. The van der Waals surface area contributed by atoms with Crippen molar-refractivity contribution in [1.29, 1.82) is 0 Å². The Labute approximate surface area is 219 Å². The van der Waals surface area contributed by atoms with E-state index in [9.17, 15) is 14.4 Å². The van der Waals surface area contributed by atoms with Gasteiger partial charge in [0.15, 0.2) is 6.10 Å². The van der Waals surface area contributed by atoms with Gasteiger partial charge < -0.3 is 23.7 Å². The molecule has 1 saturated heterocycles. The van der Waals surface area contributed by atoms with Gasteiger partial charge in [-0.05, 0) is 36.4 Å². The van der Waals surface area contributed by atoms with Gasteiger partial charge in [-0.25, -0.2) is 14.4 Å². The van der Waals surface area contributed by atoms with E-state index in [1.807, 2.05) is 12.1 Å². The predicted molar refractivity (Wildman–Crippen MR) is 138 cm³/mol. The monoisotopic (exact) mass is 521 g/mol. The van der Waals surface area contributed by atoms with E-state index in [0.717, 1.165) is 0 Å². The molecule has 3 aromatic rings. The molecule has 1 aliphatic heterocycles. The molecule has 0 unspecified atom stereocenters. The molecule has 2 atom stereocenters. The Bertz CT molecular complexity index is 1120. The summed E-state index contributed by atoms with van der Waals surface area (Å²) in [6.45, 7) is -0.696. The molecule has 0 bridgehead atoms. The SMILES string of the molecule is O=C(Nc1ccccc1)OC[C@@H]1OCO[C@@H](COC(=O)Nc2ccccc2)C1OC(=O)Nc1ccccc1. The molecule has 0 spiro atoms. The van der Waals surface area contributed by atoms with E-state index in [1.165, 1.54) is 0 Å². The van der Waals surface area contributed by atoms with E-state index >= 15 is 0 Å². The first-order valence-corrected chi connectivity index (χ1v) is 11.8. The van der Waals surface area contributed by atoms with Gasteiger partial charge in [0.2, 0.25) is 0 Å². The van der Waals surface area contributed by atoms with Crippen LogP contribution in [0, 0.1) is 0 Å². The molecule has 0 aliphatic carbocycles. The summed E-state index contributed by atoms with van der Waals surface area (Å²) in [7, 11) is 0. The average molecular weight is 522 g/mol. The zero-order valence-electron chi connectivity index (χ0n) is 20.3. The van der Waals surface area contributed by atoms with Crippen LogP contribution in [0.1, 0.15) is 0 Å². The second-order valence-corrected chi connectivity index (χ2v) is 8.07. The number of benzene rings is 3. The summed E-state index contributed by atoms with van der Waals surface area (Å²) in [4.78, 5) is 37.2. The third kappa shape index (κ3) is 8.22. The molecule has 198 valence electrons. The molecule has 3 N–H and O–H groups in total. The van der Waals surface area contributed by atoms with E-state index in [0.29, 0.717) is 17.1 Å². The van der Waals surface area contributed by atoms with Crippen LogP contribution in [0.2, 0.25) is 0 Å². The molecule has 0 saturated carbocycles. The average Bonchev–Trinajstić information content (AvgIpc) is 2.93. The number of hydrogen-bond donors (Lipinski definition) is 3. The molecule has 38 heavy (non-hydrogen) atoms. The largest absolute Gasteiger partial charge is 0.446 e. The first kappa shape index (κ1) is 26.5. The smallest absolute Gasteiger partial charge is 0.412 e. The number of hydrogen-bond acceptors (Lipinski definition) is 8. The minimum atomic E-state index is -1.07. The maximum atomic E-state index is 12.6. The molecule has 4 rings (SSSR count). The summed E-state index contributed by atoms with van der Waals surface area (Å²) < 4.78 is 27.4. The van der Waals surface area contributed by atoms with Crippen molar-refractivity contribution < 1.29 is 38.1 Å². The minimum absolute atomic E-state index is 0.192. The van der Waals surface area contributed by atoms with E-state index in [1.54, 1.807) is 78.9 Å². The van der Waals surface area contributed by atoms with Crippen molar-refractivity contribution in [3.05, 3.63) is 91.0 Å². The van der Waals surface area contributed by atoms with Crippen molar-refractivity contribution in [2.24, 2.45) is 0 Å². The maximum absolute atomic E-state index is 12.6. The van der Waals surface area contributed by atoms with Gasteiger partial charge in [-0.2, -0.15) is 0 Å². The van der Waals surface area contributed by atoms with E-state index in [-0.39, 0.29) is 20.0 Å². The zero-order chi connectivity index (χ0) is 26.6. The van der Waals surface area contributed by atoms with Crippen LogP contribution in [0.5, 0.6) is 0 Å². The first-order valence-electron chi connectivity index (χ1n) is 11.8. The predicted octanol–water partition coefficient (Wildman–Crippen LogP) is 4.84. The van der Waals surface area contributed by atoms with Crippen LogP contribution in [0.15, 0.2) is 91.0 Å². The molecule has 0 aromatic heterocycles. The molecule has 1 heterocycles. The van der Waals surface area contributed by atoms with Gasteiger partial charge in [0.1, 0.15) is 32.2 Å². The minimum Gasteiger partial charge on any atom is -0.446 e. The highest BCUT2D eigenvalue weighted by Crippen LogP contribution is 2.21. The summed E-state index contributed by atoms with van der Waals surface area (Å²) in [6, 6.07) is 26.2. The Balaban J connectivity index is 1.38. The van der Waals surface area contributed by atoms with E-state index in [4.69, 9.17) is 23.7 Å². The third-order valence-electron chi connectivity index (χ3n) is 5.36. The Morgan fingerprint density at radius 1 is 0.605 bits per heavy atom. The van der Waals surface area contributed by atoms with Crippen LogP contribution in [0.4, 0.5) is 31.4 Å². The number of carbonyl (C=O) groups excluding carboxylic acids is 3. The van der Waals surface area contributed by atoms with Crippen molar-refractivity contribution in [2.45, 2.75) is 18.3 Å². The highest BCUT2D eigenvalue weighted by molar-refractivity contribution is 5.85. The quantitative estimate of drug-likeness (QED) is 0.359. The number of carbonyl (C=O) groups is 3. The first-order chi connectivity index (χ1) is 18.6. The topological polar surface area (TPSA) is 133 Å². The number of amides is 3. The number of ether oxygens (including phenoxy) is 5. The van der Waals surface area contributed by atoms with E-state index < -0.39 is 36.6 Å². The van der Waals surface area contributed by atoms with Crippen LogP contribution in [0.25, 0.3) is 0 Å². The molecule has 3 amide bonds. The number of para-hydroxylation sites is 3. The molecule has 11 heteroatoms. The summed E-state index contributed by atoms with van der Waals surface area (Å²) in [5.41, 5.74) is 1.62. The normalized spacial score (nSPS) is 17.1. The highest BCUT2D eigenvalue weighted by atomic mass is 16.7. The summed E-state index contributed by atoms with van der Waals surface area (Å²) in [5.74, 6) is 0. The molecular weight excluding hydrogens is 494 g/mol. The lowest BCUT2D eigenvalue weighted by atomic mass is 10.1. The van der Waals surface area contributed by atoms with Gasteiger partial charge in [0.25, 0.3) is 0 Å². The van der Waals surface area contributed by atoms with Crippen LogP contribution in [-0.2, 0) is 23.7 Å². The number of anilines is 3. The molecule has 1 fully saturated rings. The van der Waals surface area contributed by atoms with Crippen LogP contribution < -0.4 is 16.0 Å². The van der Waals surface area contributed by atoms with Gasteiger partial charge in [-0.15, -0.1) is 0 Å². The molecule has 1 aliphatic rings. The molecule has 3 aromatic carbocycles. The molecular formula is C27H27N3O8. The van der Waals surface area contributed by atoms with E-state index in [2.05, 4.69) is 16.0 Å². The second-order valence-electron chi connectivity index (χ2n) is 8.07. The van der Waals surface area contributed by atoms with Crippen molar-refractivity contribution in [3.8, 4) is 0 Å². The number of nitrogens with one attached hydrogen (secondary N) is 3. The van der Waals surface area contributed by atoms with Crippen molar-refractivity contribution >= 4 is 35.3 Å². The summed E-state index contributed by atoms with van der Waals surface area (Å²) >= 11 is 0. The Morgan fingerprint density at radius 3 is 1.37 bits per heavy atom. The zero-order valence-corrected chi connectivity index (χ0v) is 20.3. The summed E-state index contributed by atoms with van der Waals surface area (Å²) in [5, 5.41) is 7.81. The fraction of sp³-hybridized carbons (Fsp3) is 0.222. The van der Waals surface area contributed by atoms with Gasteiger partial charge in [0.05, 0.1) is 0 Å². The Kier molecular flexibility index (Phi) is 9.49. The Hall–Kier alpha value is -4.61. The van der Waals surface area contributed by atoms with Crippen LogP contribution >= 0.6 is 0 Å². The lowest BCUT2D eigenvalue weighted by molar-refractivity contribution is -0.241. The van der Waals surface area contributed by atoms with Crippen molar-refractivity contribution in [1.82, 2.24) is 0 Å². The Morgan fingerprint density at radius 2 is 0.974 bits per heavy atom. The lowest BCUT2D eigenvalue weighted by Gasteiger charge is -2.36. The van der Waals surface area contributed by atoms with Gasteiger partial charge in [0, 0.05) is 17.1 Å². The van der Waals surface area contributed by atoms with Crippen LogP contribution in [-0.4, -0.2) is 56.6 Å².